The van der Waals surface area contributed by atoms with Crippen LogP contribution in [0.1, 0.15) is 24.2 Å². The van der Waals surface area contributed by atoms with E-state index >= 15 is 0 Å². The van der Waals surface area contributed by atoms with Crippen LogP contribution in [0.5, 0.6) is 11.5 Å². The van der Waals surface area contributed by atoms with E-state index in [0.29, 0.717) is 30.2 Å². The number of nitrogens with zero attached hydrogens (tertiary/aromatic N) is 1. The lowest BCUT2D eigenvalue weighted by atomic mass is 10.2. The normalized spacial score (nSPS) is 21.3. The van der Waals surface area contributed by atoms with Gasteiger partial charge in [-0.3, -0.25) is 9.59 Å². The molecule has 1 amide bonds. The van der Waals surface area contributed by atoms with E-state index in [1.54, 1.807) is 23.1 Å². The van der Waals surface area contributed by atoms with Gasteiger partial charge in [-0.05, 0) is 32.0 Å². The van der Waals surface area contributed by atoms with Crippen molar-refractivity contribution in [2.45, 2.75) is 26.1 Å². The smallest absolute Gasteiger partial charge is 0.260 e. The lowest BCUT2D eigenvalue weighted by Gasteiger charge is -2.35. The highest BCUT2D eigenvalue weighted by atomic mass is 16.5. The predicted molar refractivity (Wildman–Crippen MR) is 80.5 cm³/mol. The monoisotopic (exact) mass is 307 g/mol. The number of morpholine rings is 1. The van der Waals surface area contributed by atoms with E-state index in [4.69, 9.17) is 14.2 Å². The van der Waals surface area contributed by atoms with Crippen molar-refractivity contribution >= 4 is 12.2 Å². The molecule has 1 fully saturated rings. The third kappa shape index (κ3) is 3.98. The molecule has 2 unspecified atom stereocenters. The predicted octanol–water partition coefficient (Wildman–Crippen LogP) is 1.52. The number of carbonyl (C=O) groups excluding carboxylic acids is 2. The Morgan fingerprint density at radius 3 is 2.59 bits per heavy atom. The second kappa shape index (κ2) is 7.26. The summed E-state index contributed by atoms with van der Waals surface area (Å²) >= 11 is 0. The van der Waals surface area contributed by atoms with Crippen LogP contribution in [0.3, 0.4) is 0 Å². The molecule has 1 aromatic rings. The van der Waals surface area contributed by atoms with Crippen LogP contribution in [0.4, 0.5) is 0 Å². The van der Waals surface area contributed by atoms with E-state index in [-0.39, 0.29) is 24.7 Å². The van der Waals surface area contributed by atoms with Gasteiger partial charge in [0.15, 0.2) is 18.1 Å². The summed E-state index contributed by atoms with van der Waals surface area (Å²) in [6, 6.07) is 4.82. The molecule has 0 saturated carbocycles. The van der Waals surface area contributed by atoms with Crippen LogP contribution in [0.2, 0.25) is 0 Å². The maximum absolute atomic E-state index is 12.2. The molecule has 1 aromatic carbocycles. The molecule has 2 rings (SSSR count). The van der Waals surface area contributed by atoms with Crippen molar-refractivity contribution in [2.75, 3.05) is 26.8 Å². The van der Waals surface area contributed by atoms with Gasteiger partial charge in [-0.15, -0.1) is 0 Å². The van der Waals surface area contributed by atoms with Crippen LogP contribution < -0.4 is 9.47 Å². The van der Waals surface area contributed by atoms with Crippen molar-refractivity contribution in [1.82, 2.24) is 4.90 Å². The van der Waals surface area contributed by atoms with Gasteiger partial charge in [0.1, 0.15) is 6.29 Å². The first-order chi connectivity index (χ1) is 10.5. The highest BCUT2D eigenvalue weighted by molar-refractivity contribution is 5.78. The zero-order valence-electron chi connectivity index (χ0n) is 13.1. The minimum Gasteiger partial charge on any atom is -0.493 e. The van der Waals surface area contributed by atoms with Crippen LogP contribution in [0.15, 0.2) is 18.2 Å². The molecule has 22 heavy (non-hydrogen) atoms. The highest BCUT2D eigenvalue weighted by Gasteiger charge is 2.26. The van der Waals surface area contributed by atoms with Crippen molar-refractivity contribution in [3.8, 4) is 11.5 Å². The Bertz CT molecular complexity index is 535. The maximum Gasteiger partial charge on any atom is 0.260 e. The first kappa shape index (κ1) is 16.3. The largest absolute Gasteiger partial charge is 0.493 e. The zero-order valence-corrected chi connectivity index (χ0v) is 13.1. The van der Waals surface area contributed by atoms with Crippen LogP contribution in [0.25, 0.3) is 0 Å². The number of carbonyl (C=O) groups is 2. The lowest BCUT2D eigenvalue weighted by molar-refractivity contribution is -0.145. The molecule has 0 spiro atoms. The van der Waals surface area contributed by atoms with Gasteiger partial charge in [-0.1, -0.05) is 0 Å². The second-order valence-corrected chi connectivity index (χ2v) is 5.37. The Hall–Kier alpha value is -2.08. The number of ether oxygens (including phenoxy) is 3. The van der Waals surface area contributed by atoms with Crippen molar-refractivity contribution in [3.63, 3.8) is 0 Å². The van der Waals surface area contributed by atoms with Crippen LogP contribution in [-0.4, -0.2) is 56.1 Å². The summed E-state index contributed by atoms with van der Waals surface area (Å²) in [6.07, 6.45) is 0.775. The molecular formula is C16H21NO5. The van der Waals surface area contributed by atoms with E-state index in [0.717, 1.165) is 6.29 Å². The number of rotatable bonds is 5. The number of hydrogen-bond acceptors (Lipinski definition) is 5. The molecule has 6 heteroatoms. The van der Waals surface area contributed by atoms with Gasteiger partial charge in [0.2, 0.25) is 0 Å². The molecule has 0 aromatic heterocycles. The summed E-state index contributed by atoms with van der Waals surface area (Å²) < 4.78 is 16.3. The molecule has 0 aliphatic carbocycles. The molecule has 6 nitrogen and oxygen atoms in total. The van der Waals surface area contributed by atoms with Gasteiger partial charge in [0.05, 0.1) is 19.3 Å². The number of aldehydes is 1. The number of hydrogen-bond donors (Lipinski definition) is 0. The van der Waals surface area contributed by atoms with Crippen LogP contribution >= 0.6 is 0 Å². The first-order valence-corrected chi connectivity index (χ1v) is 7.22. The maximum atomic E-state index is 12.2. The summed E-state index contributed by atoms with van der Waals surface area (Å²) in [4.78, 5) is 24.7. The first-order valence-electron chi connectivity index (χ1n) is 7.22. The fourth-order valence-electron chi connectivity index (χ4n) is 2.49. The van der Waals surface area contributed by atoms with Crippen molar-refractivity contribution in [1.29, 1.82) is 0 Å². The summed E-state index contributed by atoms with van der Waals surface area (Å²) in [5.41, 5.74) is 0.492. The summed E-state index contributed by atoms with van der Waals surface area (Å²) in [5.74, 6) is 0.778. The fourth-order valence-corrected chi connectivity index (χ4v) is 2.49. The molecule has 1 heterocycles. The standard InChI is InChI=1S/C16H21NO5/c1-11-7-17(8-12(2)22-11)16(19)10-21-14-5-4-13(9-18)6-15(14)20-3/h4-6,9,11-12H,7-8,10H2,1-3H3. The number of methoxy groups -OCH3 is 1. The Labute approximate surface area is 129 Å². The quantitative estimate of drug-likeness (QED) is 0.772. The third-order valence-electron chi connectivity index (χ3n) is 3.45. The molecule has 1 aliphatic rings. The number of benzene rings is 1. The van der Waals surface area contributed by atoms with Gasteiger partial charge < -0.3 is 19.1 Å². The molecule has 0 N–H and O–H groups in total. The molecule has 2 atom stereocenters. The Kier molecular flexibility index (Phi) is 5.38. The van der Waals surface area contributed by atoms with E-state index in [2.05, 4.69) is 0 Å². The summed E-state index contributed by atoms with van der Waals surface area (Å²) in [5, 5.41) is 0. The van der Waals surface area contributed by atoms with Gasteiger partial charge in [-0.25, -0.2) is 0 Å². The van der Waals surface area contributed by atoms with E-state index in [1.165, 1.54) is 7.11 Å². The Balaban J connectivity index is 1.97. The summed E-state index contributed by atoms with van der Waals surface area (Å²) in [7, 11) is 1.49. The van der Waals surface area contributed by atoms with Crippen LogP contribution in [0, 0.1) is 0 Å². The van der Waals surface area contributed by atoms with E-state index in [9.17, 15) is 9.59 Å². The minimum absolute atomic E-state index is 0.0223. The SMILES string of the molecule is COc1cc(C=O)ccc1OCC(=O)N1CC(C)OC(C)C1. The molecule has 0 bridgehead atoms. The van der Waals surface area contributed by atoms with Crippen molar-refractivity contribution in [3.05, 3.63) is 23.8 Å². The fraction of sp³-hybridized carbons (Fsp3) is 0.500. The molecule has 1 aliphatic heterocycles. The topological polar surface area (TPSA) is 65.1 Å². The van der Waals surface area contributed by atoms with Gasteiger partial charge in [0, 0.05) is 18.7 Å². The zero-order chi connectivity index (χ0) is 16.1. The molecule has 120 valence electrons. The van der Waals surface area contributed by atoms with Crippen LogP contribution in [-0.2, 0) is 9.53 Å². The second-order valence-electron chi connectivity index (χ2n) is 5.37. The van der Waals surface area contributed by atoms with E-state index < -0.39 is 0 Å². The Morgan fingerprint density at radius 1 is 1.32 bits per heavy atom. The Morgan fingerprint density at radius 2 is 2.00 bits per heavy atom. The highest BCUT2D eigenvalue weighted by Crippen LogP contribution is 2.27. The molecule has 1 saturated heterocycles. The molecular weight excluding hydrogens is 286 g/mol. The van der Waals surface area contributed by atoms with Crippen molar-refractivity contribution in [2.24, 2.45) is 0 Å². The van der Waals surface area contributed by atoms with Gasteiger partial charge in [-0.2, -0.15) is 0 Å². The lowest BCUT2D eigenvalue weighted by Crippen LogP contribution is -2.49. The van der Waals surface area contributed by atoms with E-state index in [1.807, 2.05) is 13.8 Å². The number of amides is 1. The molecule has 0 radical (unpaired) electrons. The summed E-state index contributed by atoms with van der Waals surface area (Å²) in [6.45, 7) is 4.94. The van der Waals surface area contributed by atoms with Gasteiger partial charge >= 0.3 is 0 Å². The third-order valence-corrected chi connectivity index (χ3v) is 3.45. The van der Waals surface area contributed by atoms with Gasteiger partial charge in [0.25, 0.3) is 5.91 Å². The van der Waals surface area contributed by atoms with Crippen molar-refractivity contribution < 1.29 is 23.8 Å². The minimum atomic E-state index is -0.0940. The average molecular weight is 307 g/mol. The average Bonchev–Trinajstić information content (AvgIpc) is 2.51.